The van der Waals surface area contributed by atoms with Gasteiger partial charge in [0.05, 0.1) is 30.9 Å². The number of hydrogen-bond acceptors (Lipinski definition) is 5. The van der Waals surface area contributed by atoms with Crippen molar-refractivity contribution in [3.63, 3.8) is 0 Å². The van der Waals surface area contributed by atoms with Crippen LogP contribution in [0.5, 0.6) is 17.2 Å². The van der Waals surface area contributed by atoms with Crippen LogP contribution in [0.3, 0.4) is 0 Å². The molecule has 1 unspecified atom stereocenters. The standard InChI is InChI=1S/C12H14ClNO5/c1-17-10-6(13)5-7-11(19-4-2-3-18-7)8(10)9(14)12(15)16/h5,9H,2-4,14H2,1H3,(H,15,16). The van der Waals surface area contributed by atoms with E-state index >= 15 is 0 Å². The lowest BCUT2D eigenvalue weighted by atomic mass is 10.0. The van der Waals surface area contributed by atoms with Crippen LogP contribution in [0.15, 0.2) is 6.07 Å². The zero-order valence-electron chi connectivity index (χ0n) is 10.3. The fraction of sp³-hybridized carbons (Fsp3) is 0.417. The summed E-state index contributed by atoms with van der Waals surface area (Å²) in [5.41, 5.74) is 5.88. The Hall–Kier alpha value is -1.66. The molecule has 0 aromatic heterocycles. The number of aliphatic carboxylic acids is 1. The van der Waals surface area contributed by atoms with Crippen molar-refractivity contribution in [2.75, 3.05) is 20.3 Å². The van der Waals surface area contributed by atoms with E-state index in [1.807, 2.05) is 0 Å². The van der Waals surface area contributed by atoms with Crippen molar-refractivity contribution < 1.29 is 24.1 Å². The number of carboxylic acids is 1. The quantitative estimate of drug-likeness (QED) is 0.877. The molecule has 0 spiro atoms. The minimum Gasteiger partial charge on any atom is -0.495 e. The molecular weight excluding hydrogens is 274 g/mol. The molecule has 0 bridgehead atoms. The molecule has 0 saturated heterocycles. The first kappa shape index (κ1) is 13.8. The highest BCUT2D eigenvalue weighted by molar-refractivity contribution is 6.32. The summed E-state index contributed by atoms with van der Waals surface area (Å²) >= 11 is 6.06. The summed E-state index contributed by atoms with van der Waals surface area (Å²) < 4.78 is 16.2. The molecule has 1 aliphatic heterocycles. The number of carbonyl (C=O) groups is 1. The number of ether oxygens (including phenoxy) is 3. The molecule has 2 rings (SSSR count). The second kappa shape index (κ2) is 5.54. The summed E-state index contributed by atoms with van der Waals surface area (Å²) in [5.74, 6) is -0.333. The molecule has 1 aliphatic rings. The van der Waals surface area contributed by atoms with Crippen LogP contribution < -0.4 is 19.9 Å². The fourth-order valence-corrected chi connectivity index (χ4v) is 2.17. The van der Waals surface area contributed by atoms with E-state index in [0.717, 1.165) is 0 Å². The Balaban J connectivity index is 2.65. The van der Waals surface area contributed by atoms with E-state index in [1.165, 1.54) is 7.11 Å². The minimum atomic E-state index is -1.30. The van der Waals surface area contributed by atoms with Crippen molar-refractivity contribution in [3.05, 3.63) is 16.7 Å². The van der Waals surface area contributed by atoms with E-state index in [4.69, 9.17) is 36.7 Å². The fourth-order valence-electron chi connectivity index (χ4n) is 1.90. The van der Waals surface area contributed by atoms with Gasteiger partial charge < -0.3 is 25.1 Å². The Morgan fingerprint density at radius 3 is 2.84 bits per heavy atom. The molecular formula is C12H14ClNO5. The maximum atomic E-state index is 11.1. The normalized spacial score (nSPS) is 15.5. The highest BCUT2D eigenvalue weighted by atomic mass is 35.5. The second-order valence-electron chi connectivity index (χ2n) is 4.00. The van der Waals surface area contributed by atoms with Crippen LogP contribution in [0.25, 0.3) is 0 Å². The Bertz CT molecular complexity index is 505. The summed E-state index contributed by atoms with van der Waals surface area (Å²) in [6, 6.07) is 0.239. The third kappa shape index (κ3) is 2.54. The van der Waals surface area contributed by atoms with Gasteiger partial charge >= 0.3 is 5.97 Å². The maximum Gasteiger partial charge on any atom is 0.325 e. The van der Waals surface area contributed by atoms with Crippen LogP contribution in [0, 0.1) is 0 Å². The second-order valence-corrected chi connectivity index (χ2v) is 4.41. The Morgan fingerprint density at radius 1 is 1.53 bits per heavy atom. The topological polar surface area (TPSA) is 91.0 Å². The number of benzene rings is 1. The molecule has 0 fully saturated rings. The van der Waals surface area contributed by atoms with Crippen molar-refractivity contribution in [1.82, 2.24) is 0 Å². The molecule has 6 nitrogen and oxygen atoms in total. The van der Waals surface area contributed by atoms with Crippen LogP contribution >= 0.6 is 11.6 Å². The Kier molecular flexibility index (Phi) is 4.01. The number of halogens is 1. The van der Waals surface area contributed by atoms with E-state index < -0.39 is 12.0 Å². The van der Waals surface area contributed by atoms with Crippen molar-refractivity contribution in [2.24, 2.45) is 5.73 Å². The maximum absolute atomic E-state index is 11.1. The van der Waals surface area contributed by atoms with Crippen LogP contribution in [-0.4, -0.2) is 31.4 Å². The Labute approximate surface area is 115 Å². The van der Waals surface area contributed by atoms with E-state index in [0.29, 0.717) is 25.4 Å². The first-order valence-corrected chi connectivity index (χ1v) is 6.08. The zero-order valence-corrected chi connectivity index (χ0v) is 11.1. The third-order valence-corrected chi connectivity index (χ3v) is 3.04. The van der Waals surface area contributed by atoms with Gasteiger partial charge in [-0.25, -0.2) is 0 Å². The predicted octanol–water partition coefficient (Wildman–Crippen LogP) is 1.59. The number of nitrogens with two attached hydrogens (primary N) is 1. The minimum absolute atomic E-state index is 0.194. The molecule has 1 aromatic rings. The van der Waals surface area contributed by atoms with E-state index in [1.54, 1.807) is 6.07 Å². The van der Waals surface area contributed by atoms with Gasteiger partial charge in [-0.3, -0.25) is 4.79 Å². The first-order valence-electron chi connectivity index (χ1n) is 5.70. The lowest BCUT2D eigenvalue weighted by Gasteiger charge is -2.19. The van der Waals surface area contributed by atoms with Gasteiger partial charge in [-0.05, 0) is 0 Å². The molecule has 19 heavy (non-hydrogen) atoms. The number of rotatable bonds is 3. The molecule has 104 valence electrons. The number of carboxylic acid groups (broad SMARTS) is 1. The average molecular weight is 288 g/mol. The summed E-state index contributed by atoms with van der Waals surface area (Å²) in [4.78, 5) is 11.1. The molecule has 0 amide bonds. The van der Waals surface area contributed by atoms with Gasteiger partial charge in [0.25, 0.3) is 0 Å². The third-order valence-electron chi connectivity index (χ3n) is 2.76. The first-order chi connectivity index (χ1) is 9.06. The molecule has 0 radical (unpaired) electrons. The molecule has 1 heterocycles. The van der Waals surface area contributed by atoms with Gasteiger partial charge in [-0.15, -0.1) is 0 Å². The summed E-state index contributed by atoms with van der Waals surface area (Å²) in [6.45, 7) is 0.883. The predicted molar refractivity (Wildman–Crippen MR) is 68.2 cm³/mol. The highest BCUT2D eigenvalue weighted by Crippen LogP contribution is 2.46. The Morgan fingerprint density at radius 2 is 2.21 bits per heavy atom. The van der Waals surface area contributed by atoms with Gasteiger partial charge in [0, 0.05) is 12.5 Å². The van der Waals surface area contributed by atoms with Crippen LogP contribution in [-0.2, 0) is 4.79 Å². The van der Waals surface area contributed by atoms with E-state index in [2.05, 4.69) is 0 Å². The van der Waals surface area contributed by atoms with Gasteiger partial charge in [0.1, 0.15) is 11.8 Å². The summed E-state index contributed by atoms with van der Waals surface area (Å²) in [5, 5.41) is 9.33. The average Bonchev–Trinajstić information content (AvgIpc) is 2.61. The van der Waals surface area contributed by atoms with Gasteiger partial charge in [-0.1, -0.05) is 11.6 Å². The smallest absolute Gasteiger partial charge is 0.325 e. The lowest BCUT2D eigenvalue weighted by molar-refractivity contribution is -0.138. The number of fused-ring (bicyclic) bond motifs is 1. The van der Waals surface area contributed by atoms with Gasteiger partial charge in [-0.2, -0.15) is 0 Å². The summed E-state index contributed by atoms with van der Waals surface area (Å²) in [6.07, 6.45) is 0.691. The van der Waals surface area contributed by atoms with E-state index in [-0.39, 0.29) is 22.1 Å². The monoisotopic (exact) mass is 287 g/mol. The molecule has 0 saturated carbocycles. The van der Waals surface area contributed by atoms with Gasteiger partial charge in [0.2, 0.25) is 0 Å². The van der Waals surface area contributed by atoms with Crippen molar-refractivity contribution in [3.8, 4) is 17.2 Å². The van der Waals surface area contributed by atoms with Gasteiger partial charge in [0.15, 0.2) is 11.5 Å². The summed E-state index contributed by atoms with van der Waals surface area (Å²) in [7, 11) is 1.39. The molecule has 1 aromatic carbocycles. The number of methoxy groups -OCH3 is 1. The zero-order chi connectivity index (χ0) is 14.0. The number of hydrogen-bond donors (Lipinski definition) is 2. The molecule has 1 atom stereocenters. The van der Waals surface area contributed by atoms with Crippen molar-refractivity contribution in [1.29, 1.82) is 0 Å². The lowest BCUT2D eigenvalue weighted by Crippen LogP contribution is -2.22. The SMILES string of the molecule is COc1c(Cl)cc2c(c1C(N)C(=O)O)OCCCO2. The van der Waals surface area contributed by atoms with Crippen LogP contribution in [0.2, 0.25) is 5.02 Å². The van der Waals surface area contributed by atoms with E-state index in [9.17, 15) is 4.79 Å². The van der Waals surface area contributed by atoms with Crippen molar-refractivity contribution >= 4 is 17.6 Å². The van der Waals surface area contributed by atoms with Crippen LogP contribution in [0.4, 0.5) is 0 Å². The molecule has 3 N–H and O–H groups in total. The van der Waals surface area contributed by atoms with Crippen LogP contribution in [0.1, 0.15) is 18.0 Å². The molecule has 0 aliphatic carbocycles. The highest BCUT2D eigenvalue weighted by Gasteiger charge is 2.29. The van der Waals surface area contributed by atoms with Crippen molar-refractivity contribution in [2.45, 2.75) is 12.5 Å². The largest absolute Gasteiger partial charge is 0.495 e. The molecule has 7 heteroatoms.